The molecule has 0 amide bonds. The number of hydrogen-bond acceptors (Lipinski definition) is 2. The smallest absolute Gasteiger partial charge is 0.310 e. The summed E-state index contributed by atoms with van der Waals surface area (Å²) in [4.78, 5) is 12.2. The lowest BCUT2D eigenvalue weighted by molar-refractivity contribution is -0.138. The van der Waals surface area contributed by atoms with Crippen molar-refractivity contribution < 1.29 is 9.90 Å². The van der Waals surface area contributed by atoms with Crippen molar-refractivity contribution in [3.8, 4) is 0 Å². The van der Waals surface area contributed by atoms with Crippen LogP contribution < -0.4 is 0 Å². The van der Waals surface area contributed by atoms with Crippen molar-refractivity contribution in [2.75, 3.05) is 0 Å². The van der Waals surface area contributed by atoms with E-state index >= 15 is 0 Å². The van der Waals surface area contributed by atoms with Gasteiger partial charge in [-0.15, -0.1) is 11.8 Å². The minimum absolute atomic E-state index is 0.377. The second kappa shape index (κ2) is 5.94. The summed E-state index contributed by atoms with van der Waals surface area (Å²) in [5, 5.41) is 9.58. The van der Waals surface area contributed by atoms with E-state index in [0.29, 0.717) is 11.7 Å². The Morgan fingerprint density at radius 2 is 1.88 bits per heavy atom. The molecule has 1 aromatic rings. The fourth-order valence-electron chi connectivity index (χ4n) is 1.60. The largest absolute Gasteiger partial charge is 0.481 e. The van der Waals surface area contributed by atoms with E-state index in [1.54, 1.807) is 11.8 Å². The summed E-state index contributed by atoms with van der Waals surface area (Å²) in [5.41, 5.74) is 0.892. The lowest BCUT2D eigenvalue weighted by atomic mass is 9.97. The van der Waals surface area contributed by atoms with Gasteiger partial charge in [0.2, 0.25) is 0 Å². The number of rotatable bonds is 5. The first-order valence-electron chi connectivity index (χ1n) is 5.54. The van der Waals surface area contributed by atoms with Gasteiger partial charge < -0.3 is 5.11 Å². The molecule has 0 radical (unpaired) electrons. The molecule has 0 aliphatic heterocycles. The fourth-order valence-corrected chi connectivity index (χ4v) is 2.44. The van der Waals surface area contributed by atoms with E-state index in [1.165, 1.54) is 4.90 Å². The fraction of sp³-hybridized carbons (Fsp3) is 0.462. The third-order valence-corrected chi connectivity index (χ3v) is 3.38. The molecule has 1 atom stereocenters. The van der Waals surface area contributed by atoms with Crippen LogP contribution in [0.25, 0.3) is 0 Å². The molecule has 1 rings (SSSR count). The minimum Gasteiger partial charge on any atom is -0.481 e. The zero-order valence-corrected chi connectivity index (χ0v) is 10.8. The number of carboxylic acids is 1. The monoisotopic (exact) mass is 238 g/mol. The van der Waals surface area contributed by atoms with Crippen LogP contribution in [0.15, 0.2) is 29.2 Å². The zero-order valence-electron chi connectivity index (χ0n) is 9.93. The highest BCUT2D eigenvalue weighted by Gasteiger charge is 2.16. The summed E-state index contributed by atoms with van der Waals surface area (Å²) >= 11 is 1.79. The molecule has 1 aromatic carbocycles. The molecule has 0 saturated heterocycles. The minimum atomic E-state index is -0.744. The third kappa shape index (κ3) is 3.56. The van der Waals surface area contributed by atoms with Gasteiger partial charge in [-0.1, -0.05) is 32.9 Å². The van der Waals surface area contributed by atoms with E-state index < -0.39 is 5.97 Å². The van der Waals surface area contributed by atoms with E-state index in [2.05, 4.69) is 13.8 Å². The van der Waals surface area contributed by atoms with Crippen LogP contribution in [-0.4, -0.2) is 16.3 Å². The molecule has 0 aliphatic carbocycles. The number of carboxylic acid groups (broad SMARTS) is 1. The van der Waals surface area contributed by atoms with Gasteiger partial charge in [-0.25, -0.2) is 0 Å². The van der Waals surface area contributed by atoms with E-state index in [-0.39, 0.29) is 5.92 Å². The molecule has 0 aromatic heterocycles. The van der Waals surface area contributed by atoms with Crippen LogP contribution >= 0.6 is 11.8 Å². The molecule has 1 N–H and O–H groups in total. The molecule has 88 valence electrons. The molecule has 0 spiro atoms. The quantitative estimate of drug-likeness (QED) is 0.793. The number of thioether (sulfide) groups is 1. The van der Waals surface area contributed by atoms with Crippen LogP contribution in [0.2, 0.25) is 0 Å². The van der Waals surface area contributed by atoms with Gasteiger partial charge in [-0.3, -0.25) is 4.79 Å². The van der Waals surface area contributed by atoms with Crippen LogP contribution in [0.1, 0.15) is 38.7 Å². The van der Waals surface area contributed by atoms with Crippen molar-refractivity contribution in [1.29, 1.82) is 0 Å². The first-order chi connectivity index (χ1) is 7.54. The Balaban J connectivity index is 2.81. The second-order valence-electron chi connectivity index (χ2n) is 4.03. The summed E-state index contributed by atoms with van der Waals surface area (Å²) in [6.45, 7) is 6.19. The number of aliphatic carboxylic acids is 1. The molecule has 0 saturated carbocycles. The van der Waals surface area contributed by atoms with Gasteiger partial charge in [-0.2, -0.15) is 0 Å². The first kappa shape index (κ1) is 13.1. The molecule has 1 unspecified atom stereocenters. The van der Waals surface area contributed by atoms with Gasteiger partial charge in [0.1, 0.15) is 0 Å². The van der Waals surface area contributed by atoms with Gasteiger partial charge in [0.15, 0.2) is 0 Å². The third-order valence-electron chi connectivity index (χ3n) is 2.36. The van der Waals surface area contributed by atoms with Crippen molar-refractivity contribution >= 4 is 17.7 Å². The predicted octanol–water partition coefficient (Wildman–Crippen LogP) is 3.77. The highest BCUT2D eigenvalue weighted by Crippen LogP contribution is 2.26. The van der Waals surface area contributed by atoms with Crippen LogP contribution in [0.4, 0.5) is 0 Å². The molecular formula is C13H18O2S. The van der Waals surface area contributed by atoms with Crippen molar-refractivity contribution in [1.82, 2.24) is 0 Å². The Morgan fingerprint density at radius 1 is 1.31 bits per heavy atom. The highest BCUT2D eigenvalue weighted by atomic mass is 32.2. The molecule has 0 fully saturated rings. The zero-order chi connectivity index (χ0) is 12.1. The van der Waals surface area contributed by atoms with Gasteiger partial charge in [0.25, 0.3) is 0 Å². The molecule has 2 nitrogen and oxygen atoms in total. The van der Waals surface area contributed by atoms with Gasteiger partial charge in [-0.05, 0) is 24.1 Å². The molecule has 0 aliphatic rings. The molecule has 3 heteroatoms. The standard InChI is InChI=1S/C13H18O2S/c1-4-12(13(14)15)10-5-7-11(8-6-10)16-9(2)3/h5-9,12H,4H2,1-3H3,(H,14,15). The van der Waals surface area contributed by atoms with Crippen molar-refractivity contribution in [3.05, 3.63) is 29.8 Å². The lowest BCUT2D eigenvalue weighted by Gasteiger charge is -2.11. The summed E-state index contributed by atoms with van der Waals surface area (Å²) in [6.07, 6.45) is 0.631. The van der Waals surface area contributed by atoms with Gasteiger partial charge >= 0.3 is 5.97 Å². The Bertz CT molecular complexity index is 343. The van der Waals surface area contributed by atoms with E-state index in [0.717, 1.165) is 5.56 Å². The summed E-state index contributed by atoms with van der Waals surface area (Å²) in [7, 11) is 0. The van der Waals surface area contributed by atoms with Crippen molar-refractivity contribution in [2.24, 2.45) is 0 Å². The van der Waals surface area contributed by atoms with Gasteiger partial charge in [0.05, 0.1) is 5.92 Å². The number of benzene rings is 1. The van der Waals surface area contributed by atoms with E-state index in [4.69, 9.17) is 5.11 Å². The van der Waals surface area contributed by atoms with Crippen molar-refractivity contribution in [2.45, 2.75) is 43.3 Å². The summed E-state index contributed by atoms with van der Waals surface area (Å²) < 4.78 is 0. The van der Waals surface area contributed by atoms with Crippen LogP contribution in [0, 0.1) is 0 Å². The van der Waals surface area contributed by atoms with Gasteiger partial charge in [0, 0.05) is 10.1 Å². The molecule has 0 bridgehead atoms. The predicted molar refractivity (Wildman–Crippen MR) is 68.1 cm³/mol. The maximum absolute atomic E-state index is 11.0. The molecular weight excluding hydrogens is 220 g/mol. The number of carbonyl (C=O) groups is 1. The van der Waals surface area contributed by atoms with Crippen LogP contribution in [-0.2, 0) is 4.79 Å². The maximum Gasteiger partial charge on any atom is 0.310 e. The highest BCUT2D eigenvalue weighted by molar-refractivity contribution is 7.99. The first-order valence-corrected chi connectivity index (χ1v) is 6.42. The number of hydrogen-bond donors (Lipinski definition) is 1. The Kier molecular flexibility index (Phi) is 4.87. The van der Waals surface area contributed by atoms with E-state index in [9.17, 15) is 4.79 Å². The Labute approximate surface area is 101 Å². The van der Waals surface area contributed by atoms with Crippen LogP contribution in [0.3, 0.4) is 0 Å². The van der Waals surface area contributed by atoms with Crippen LogP contribution in [0.5, 0.6) is 0 Å². The maximum atomic E-state index is 11.0. The second-order valence-corrected chi connectivity index (χ2v) is 5.68. The summed E-state index contributed by atoms with van der Waals surface area (Å²) in [6, 6.07) is 7.86. The molecule has 0 heterocycles. The van der Waals surface area contributed by atoms with Crippen molar-refractivity contribution in [3.63, 3.8) is 0 Å². The lowest BCUT2D eigenvalue weighted by Crippen LogP contribution is -2.10. The Morgan fingerprint density at radius 3 is 2.25 bits per heavy atom. The topological polar surface area (TPSA) is 37.3 Å². The average molecular weight is 238 g/mol. The SMILES string of the molecule is CCC(C(=O)O)c1ccc(SC(C)C)cc1. The Hall–Kier alpha value is -0.960. The average Bonchev–Trinajstić information content (AvgIpc) is 2.20. The summed E-state index contributed by atoms with van der Waals surface area (Å²) in [5.74, 6) is -1.12. The normalized spacial score (nSPS) is 12.8. The molecule has 16 heavy (non-hydrogen) atoms. The van der Waals surface area contributed by atoms with E-state index in [1.807, 2.05) is 31.2 Å².